The molecule has 0 spiro atoms. The van der Waals surface area contributed by atoms with Crippen molar-refractivity contribution in [2.75, 3.05) is 0 Å². The highest BCUT2D eigenvalue weighted by molar-refractivity contribution is 5.42. The van der Waals surface area contributed by atoms with Crippen LogP contribution in [0.15, 0.2) is 0 Å². The second-order valence-corrected chi connectivity index (χ2v) is 2.87. The molecular weight excluding hydrogens is 205 g/mol. The highest BCUT2D eigenvalue weighted by Crippen LogP contribution is 2.24. The summed E-state index contributed by atoms with van der Waals surface area (Å²) in [7, 11) is 0. The van der Waals surface area contributed by atoms with Gasteiger partial charge in [0.05, 0.1) is 12.5 Å². The molecule has 0 atom stereocenters. The zero-order valence-electron chi connectivity index (χ0n) is 7.74. The van der Waals surface area contributed by atoms with E-state index < -0.39 is 29.4 Å². The molecule has 5 heteroatoms. The lowest BCUT2D eigenvalue weighted by Crippen LogP contribution is -2.05. The molecular formula is C10H5F3N2. The monoisotopic (exact) mass is 210 g/mol. The molecule has 0 N–H and O–H groups in total. The summed E-state index contributed by atoms with van der Waals surface area (Å²) in [6.45, 7) is 1.20. The van der Waals surface area contributed by atoms with Crippen molar-refractivity contribution in [2.45, 2.75) is 13.3 Å². The molecule has 1 aromatic carbocycles. The molecule has 1 rings (SSSR count). The van der Waals surface area contributed by atoms with Crippen LogP contribution in [0, 0.1) is 47.0 Å². The first kappa shape index (κ1) is 11.1. The second kappa shape index (κ2) is 4.02. The minimum atomic E-state index is -1.54. The van der Waals surface area contributed by atoms with Gasteiger partial charge < -0.3 is 0 Å². The van der Waals surface area contributed by atoms with Crippen molar-refractivity contribution in [1.29, 1.82) is 10.5 Å². The maximum Gasteiger partial charge on any atom is 0.179 e. The van der Waals surface area contributed by atoms with Gasteiger partial charge in [0.15, 0.2) is 11.6 Å². The van der Waals surface area contributed by atoms with Gasteiger partial charge in [-0.2, -0.15) is 10.5 Å². The van der Waals surface area contributed by atoms with E-state index in [1.807, 2.05) is 0 Å². The van der Waals surface area contributed by atoms with Gasteiger partial charge in [0.25, 0.3) is 0 Å². The van der Waals surface area contributed by atoms with Gasteiger partial charge in [0, 0.05) is 5.56 Å². The summed E-state index contributed by atoms with van der Waals surface area (Å²) in [5.41, 5.74) is -1.50. The average molecular weight is 210 g/mol. The van der Waals surface area contributed by atoms with E-state index in [1.165, 1.54) is 13.0 Å². The van der Waals surface area contributed by atoms with Gasteiger partial charge in [0.1, 0.15) is 17.4 Å². The quantitative estimate of drug-likeness (QED) is 0.668. The zero-order chi connectivity index (χ0) is 11.6. The van der Waals surface area contributed by atoms with Crippen molar-refractivity contribution in [3.05, 3.63) is 34.1 Å². The molecule has 1 aromatic rings. The molecule has 0 aliphatic carbocycles. The molecule has 0 bridgehead atoms. The van der Waals surface area contributed by atoms with Crippen LogP contribution >= 0.6 is 0 Å². The number of nitrogens with zero attached hydrogens (tertiary/aromatic N) is 2. The SMILES string of the molecule is Cc1c(F)c(C#N)c(F)c(F)c1CC#N. The van der Waals surface area contributed by atoms with Crippen LogP contribution in [0.3, 0.4) is 0 Å². The van der Waals surface area contributed by atoms with Gasteiger partial charge in [-0.1, -0.05) is 0 Å². The first-order valence-electron chi connectivity index (χ1n) is 3.97. The molecule has 0 saturated carbocycles. The summed E-state index contributed by atoms with van der Waals surface area (Å²) >= 11 is 0. The van der Waals surface area contributed by atoms with E-state index in [0.29, 0.717) is 0 Å². The van der Waals surface area contributed by atoms with E-state index in [-0.39, 0.29) is 11.1 Å². The standard InChI is InChI=1S/C10H5F3N2/c1-5-6(2-3-14)9(12)10(13)7(4-15)8(5)11/h2H2,1H3. The number of benzene rings is 1. The first-order valence-corrected chi connectivity index (χ1v) is 3.97. The molecule has 76 valence electrons. The molecule has 0 heterocycles. The van der Waals surface area contributed by atoms with Gasteiger partial charge in [-0.3, -0.25) is 0 Å². The van der Waals surface area contributed by atoms with E-state index in [1.54, 1.807) is 6.07 Å². The van der Waals surface area contributed by atoms with E-state index in [4.69, 9.17) is 10.5 Å². The predicted molar refractivity (Wildman–Crippen MR) is 45.1 cm³/mol. The summed E-state index contributed by atoms with van der Waals surface area (Å²) in [6, 6.07) is 2.84. The summed E-state index contributed by atoms with van der Waals surface area (Å²) in [5, 5.41) is 16.8. The second-order valence-electron chi connectivity index (χ2n) is 2.87. The number of hydrogen-bond acceptors (Lipinski definition) is 2. The Kier molecular flexibility index (Phi) is 2.96. The maximum absolute atomic E-state index is 13.3. The minimum absolute atomic E-state index is 0.202. The average Bonchev–Trinajstić information content (AvgIpc) is 2.23. The van der Waals surface area contributed by atoms with Crippen LogP contribution in [-0.4, -0.2) is 0 Å². The third kappa shape index (κ3) is 1.64. The molecule has 2 nitrogen and oxygen atoms in total. The minimum Gasteiger partial charge on any atom is -0.205 e. The van der Waals surface area contributed by atoms with Crippen molar-refractivity contribution in [1.82, 2.24) is 0 Å². The van der Waals surface area contributed by atoms with Crippen molar-refractivity contribution >= 4 is 0 Å². The fourth-order valence-corrected chi connectivity index (χ4v) is 1.21. The summed E-state index contributed by atoms with van der Waals surface area (Å²) in [4.78, 5) is 0. The maximum atomic E-state index is 13.3. The number of halogens is 3. The summed E-state index contributed by atoms with van der Waals surface area (Å²) in [5.74, 6) is -3.97. The molecule has 0 fully saturated rings. The van der Waals surface area contributed by atoms with Crippen molar-refractivity contribution in [3.8, 4) is 12.1 Å². The highest BCUT2D eigenvalue weighted by Gasteiger charge is 2.22. The van der Waals surface area contributed by atoms with Crippen molar-refractivity contribution in [2.24, 2.45) is 0 Å². The van der Waals surface area contributed by atoms with Gasteiger partial charge in [-0.05, 0) is 12.5 Å². The lowest BCUT2D eigenvalue weighted by molar-refractivity contribution is 0.480. The molecule has 0 aromatic heterocycles. The Bertz CT molecular complexity index is 466. The van der Waals surface area contributed by atoms with Crippen molar-refractivity contribution in [3.63, 3.8) is 0 Å². The molecule has 0 amide bonds. The Morgan fingerprint density at radius 3 is 2.13 bits per heavy atom. The normalized spacial score (nSPS) is 9.47. The largest absolute Gasteiger partial charge is 0.205 e. The van der Waals surface area contributed by atoms with Gasteiger partial charge in [-0.15, -0.1) is 0 Å². The number of hydrogen-bond donors (Lipinski definition) is 0. The first-order chi connectivity index (χ1) is 7.04. The molecule has 15 heavy (non-hydrogen) atoms. The topological polar surface area (TPSA) is 47.6 Å². The van der Waals surface area contributed by atoms with Crippen LogP contribution in [0.2, 0.25) is 0 Å². The molecule has 0 aliphatic rings. The molecule has 0 radical (unpaired) electrons. The summed E-state index contributed by atoms with van der Waals surface area (Å²) < 4.78 is 39.6. The Morgan fingerprint density at radius 2 is 1.67 bits per heavy atom. The summed E-state index contributed by atoms with van der Waals surface area (Å²) in [6.07, 6.45) is -0.433. The Morgan fingerprint density at radius 1 is 1.07 bits per heavy atom. The van der Waals surface area contributed by atoms with Crippen LogP contribution in [0.4, 0.5) is 13.2 Å². The zero-order valence-corrected chi connectivity index (χ0v) is 7.74. The lowest BCUT2D eigenvalue weighted by Gasteiger charge is -2.07. The third-order valence-electron chi connectivity index (χ3n) is 2.05. The number of rotatable bonds is 1. The third-order valence-corrected chi connectivity index (χ3v) is 2.05. The van der Waals surface area contributed by atoms with E-state index in [9.17, 15) is 13.2 Å². The number of nitriles is 2. The highest BCUT2D eigenvalue weighted by atomic mass is 19.2. The molecule has 0 unspecified atom stereocenters. The van der Waals surface area contributed by atoms with E-state index >= 15 is 0 Å². The Labute approximate surface area is 84.2 Å². The van der Waals surface area contributed by atoms with Gasteiger partial charge in [0.2, 0.25) is 0 Å². The van der Waals surface area contributed by atoms with Crippen LogP contribution in [0.5, 0.6) is 0 Å². The molecule has 0 saturated heterocycles. The van der Waals surface area contributed by atoms with Gasteiger partial charge >= 0.3 is 0 Å². The molecule has 0 aliphatic heterocycles. The fraction of sp³-hybridized carbons (Fsp3) is 0.200. The van der Waals surface area contributed by atoms with Gasteiger partial charge in [-0.25, -0.2) is 13.2 Å². The van der Waals surface area contributed by atoms with Crippen molar-refractivity contribution < 1.29 is 13.2 Å². The smallest absolute Gasteiger partial charge is 0.179 e. The van der Waals surface area contributed by atoms with E-state index in [2.05, 4.69) is 0 Å². The fourth-order valence-electron chi connectivity index (χ4n) is 1.21. The van der Waals surface area contributed by atoms with Crippen LogP contribution < -0.4 is 0 Å². The predicted octanol–water partition coefficient (Wildman–Crippen LogP) is 2.35. The van der Waals surface area contributed by atoms with Crippen LogP contribution in [0.25, 0.3) is 0 Å². The Hall–Kier alpha value is -2.01. The van der Waals surface area contributed by atoms with E-state index in [0.717, 1.165) is 0 Å². The Balaban J connectivity index is 3.62. The lowest BCUT2D eigenvalue weighted by atomic mass is 10.0. The van der Waals surface area contributed by atoms with Crippen LogP contribution in [-0.2, 0) is 6.42 Å². The van der Waals surface area contributed by atoms with Crippen LogP contribution in [0.1, 0.15) is 16.7 Å².